The maximum atomic E-state index is 11.4. The van der Waals surface area contributed by atoms with Crippen molar-refractivity contribution in [2.75, 3.05) is 19.8 Å². The summed E-state index contributed by atoms with van der Waals surface area (Å²) in [7, 11) is 0.468. The molecule has 2 unspecified atom stereocenters. The van der Waals surface area contributed by atoms with Gasteiger partial charge in [-0.05, 0) is 24.6 Å². The number of pyridine rings is 1. The molecular formula is C18H19N5O4S. The lowest BCUT2D eigenvalue weighted by Gasteiger charge is -2.04. The lowest BCUT2D eigenvalue weighted by Crippen LogP contribution is -2.24. The summed E-state index contributed by atoms with van der Waals surface area (Å²) in [4.78, 5) is 24.8. The minimum atomic E-state index is -1.23. The van der Waals surface area contributed by atoms with Crippen molar-refractivity contribution >= 4 is 16.7 Å². The van der Waals surface area contributed by atoms with Gasteiger partial charge in [-0.25, -0.2) is 15.0 Å². The van der Waals surface area contributed by atoms with Gasteiger partial charge in [0, 0.05) is 32.1 Å². The molecule has 0 aromatic carbocycles. The van der Waals surface area contributed by atoms with E-state index < -0.39 is 16.9 Å². The van der Waals surface area contributed by atoms with Gasteiger partial charge in [0.25, 0.3) is 5.91 Å². The molecule has 4 rings (SSSR count). The van der Waals surface area contributed by atoms with Crippen molar-refractivity contribution < 1.29 is 18.6 Å². The Labute approximate surface area is 163 Å². The highest BCUT2D eigenvalue weighted by atomic mass is 32.2. The van der Waals surface area contributed by atoms with E-state index in [1.54, 1.807) is 31.6 Å². The Morgan fingerprint density at radius 1 is 1.14 bits per heavy atom. The molecule has 0 bridgehead atoms. The van der Waals surface area contributed by atoms with Crippen molar-refractivity contribution in [2.45, 2.75) is 17.7 Å². The third kappa shape index (κ3) is 4.65. The van der Waals surface area contributed by atoms with Crippen LogP contribution < -0.4 is 0 Å². The largest absolute Gasteiger partial charge is 0.383 e. The summed E-state index contributed by atoms with van der Waals surface area (Å²) < 4.78 is 16.2. The molecule has 1 aliphatic heterocycles. The van der Waals surface area contributed by atoms with Gasteiger partial charge in [-0.15, -0.1) is 0 Å². The van der Waals surface area contributed by atoms with E-state index in [4.69, 9.17) is 9.63 Å². The average Bonchev–Trinajstić information content (AvgIpc) is 3.35. The monoisotopic (exact) mass is 401 g/mol. The Morgan fingerprint density at radius 3 is 2.39 bits per heavy atom. The summed E-state index contributed by atoms with van der Waals surface area (Å²) in [5, 5.41) is 12.9. The number of carbonyl (C=O) groups is 1. The van der Waals surface area contributed by atoms with E-state index in [-0.39, 0.29) is 11.1 Å². The number of aromatic nitrogens is 4. The summed E-state index contributed by atoms with van der Waals surface area (Å²) in [6, 6.07) is 8.98. The minimum absolute atomic E-state index is 0.148. The van der Waals surface area contributed by atoms with E-state index in [0.717, 1.165) is 0 Å². The predicted octanol–water partition coefficient (Wildman–Crippen LogP) is 1.14. The molecule has 10 heteroatoms. The standard InChI is InChI=1S/C13H10N4O2S.C5H9NO2/c1-20(18)13-14-7-5-11(16-13)9-3-2-4-10(15-9)12-6-8-19-17-12;1-6-3-2-4(7)5(6)8/h2-8H,1H3;4,7H,2-3H2,1H3. The maximum absolute atomic E-state index is 11.4. The van der Waals surface area contributed by atoms with E-state index in [2.05, 4.69) is 20.1 Å². The van der Waals surface area contributed by atoms with Crippen LogP contribution in [0.4, 0.5) is 0 Å². The number of rotatable bonds is 3. The zero-order chi connectivity index (χ0) is 20.1. The van der Waals surface area contributed by atoms with Crippen LogP contribution in [0.15, 0.2) is 52.5 Å². The van der Waals surface area contributed by atoms with Crippen molar-refractivity contribution in [1.29, 1.82) is 0 Å². The summed E-state index contributed by atoms with van der Waals surface area (Å²) >= 11 is 0. The molecule has 9 nitrogen and oxygen atoms in total. The van der Waals surface area contributed by atoms with Crippen LogP contribution in [0.1, 0.15) is 6.42 Å². The fourth-order valence-electron chi connectivity index (χ4n) is 2.49. The summed E-state index contributed by atoms with van der Waals surface area (Å²) in [6.07, 6.45) is 4.48. The molecule has 1 N–H and O–H groups in total. The molecule has 1 saturated heterocycles. The van der Waals surface area contributed by atoms with Crippen LogP contribution in [0.5, 0.6) is 0 Å². The van der Waals surface area contributed by atoms with E-state index >= 15 is 0 Å². The zero-order valence-electron chi connectivity index (χ0n) is 15.3. The van der Waals surface area contributed by atoms with Crippen LogP contribution in [0.2, 0.25) is 0 Å². The van der Waals surface area contributed by atoms with Crippen LogP contribution in [-0.4, -0.2) is 66.2 Å². The quantitative estimate of drug-likeness (QED) is 0.648. The lowest BCUT2D eigenvalue weighted by atomic mass is 10.2. The topological polar surface area (TPSA) is 122 Å². The molecule has 4 heterocycles. The smallest absolute Gasteiger partial charge is 0.251 e. The molecule has 2 atom stereocenters. The number of carbonyl (C=O) groups excluding carboxylic acids is 1. The first-order chi connectivity index (χ1) is 13.5. The Kier molecular flexibility index (Phi) is 6.22. The van der Waals surface area contributed by atoms with Gasteiger partial charge >= 0.3 is 0 Å². The molecule has 0 radical (unpaired) electrons. The molecule has 1 fully saturated rings. The van der Waals surface area contributed by atoms with Crippen LogP contribution >= 0.6 is 0 Å². The van der Waals surface area contributed by atoms with Crippen molar-refractivity contribution in [3.05, 3.63) is 42.8 Å². The van der Waals surface area contributed by atoms with E-state index in [1.807, 2.05) is 18.2 Å². The molecule has 0 spiro atoms. The molecule has 1 aliphatic rings. The summed E-state index contributed by atoms with van der Waals surface area (Å²) in [5.74, 6) is -0.148. The second-order valence-electron chi connectivity index (χ2n) is 6.04. The van der Waals surface area contributed by atoms with Crippen LogP contribution in [0, 0.1) is 0 Å². The second kappa shape index (κ2) is 8.81. The summed E-state index contributed by atoms with van der Waals surface area (Å²) in [6.45, 7) is 0.694. The number of hydrogen-bond donors (Lipinski definition) is 1. The second-order valence-corrected chi connectivity index (χ2v) is 7.31. The third-order valence-corrected chi connectivity index (χ3v) is 4.71. The number of likely N-dealkylation sites (N-methyl/N-ethyl adjacent to an activating group) is 1. The first kappa shape index (κ1) is 19.8. The Balaban J connectivity index is 0.000000236. The normalized spacial score (nSPS) is 17.2. The van der Waals surface area contributed by atoms with Gasteiger partial charge in [0.1, 0.15) is 18.1 Å². The van der Waals surface area contributed by atoms with E-state index in [9.17, 15) is 9.00 Å². The fraction of sp³-hybridized carbons (Fsp3) is 0.278. The van der Waals surface area contributed by atoms with Crippen LogP contribution in [-0.2, 0) is 15.6 Å². The van der Waals surface area contributed by atoms with Gasteiger partial charge in [-0.2, -0.15) is 0 Å². The number of aliphatic hydroxyl groups excluding tert-OH is 1. The minimum Gasteiger partial charge on any atom is -0.383 e. The number of likely N-dealkylation sites (tertiary alicyclic amines) is 1. The first-order valence-electron chi connectivity index (χ1n) is 8.43. The van der Waals surface area contributed by atoms with Crippen molar-refractivity contribution in [2.24, 2.45) is 0 Å². The van der Waals surface area contributed by atoms with Gasteiger partial charge < -0.3 is 14.5 Å². The van der Waals surface area contributed by atoms with Crippen molar-refractivity contribution in [3.8, 4) is 22.8 Å². The molecular weight excluding hydrogens is 382 g/mol. The maximum Gasteiger partial charge on any atom is 0.251 e. The highest BCUT2D eigenvalue weighted by Gasteiger charge is 2.25. The van der Waals surface area contributed by atoms with Gasteiger partial charge in [0.2, 0.25) is 5.16 Å². The van der Waals surface area contributed by atoms with Gasteiger partial charge in [-0.3, -0.25) is 9.00 Å². The molecule has 0 aliphatic carbocycles. The Bertz CT molecular complexity index is 968. The van der Waals surface area contributed by atoms with Crippen molar-refractivity contribution in [1.82, 2.24) is 25.0 Å². The Morgan fingerprint density at radius 2 is 1.86 bits per heavy atom. The average molecular weight is 401 g/mol. The highest BCUT2D eigenvalue weighted by Crippen LogP contribution is 2.20. The molecule has 146 valence electrons. The van der Waals surface area contributed by atoms with E-state index in [1.165, 1.54) is 11.2 Å². The highest BCUT2D eigenvalue weighted by molar-refractivity contribution is 7.84. The molecule has 28 heavy (non-hydrogen) atoms. The number of aliphatic hydroxyl groups is 1. The number of amides is 1. The first-order valence-corrected chi connectivity index (χ1v) is 9.99. The third-order valence-electron chi connectivity index (χ3n) is 4.00. The molecule has 0 saturated carbocycles. The van der Waals surface area contributed by atoms with Gasteiger partial charge in [0.15, 0.2) is 0 Å². The predicted molar refractivity (Wildman–Crippen MR) is 101 cm³/mol. The lowest BCUT2D eigenvalue weighted by molar-refractivity contribution is -0.133. The molecule has 3 aromatic rings. The van der Waals surface area contributed by atoms with Gasteiger partial charge in [-0.1, -0.05) is 11.2 Å². The summed E-state index contributed by atoms with van der Waals surface area (Å²) in [5.41, 5.74) is 2.63. The Hall–Kier alpha value is -2.98. The van der Waals surface area contributed by atoms with Crippen molar-refractivity contribution in [3.63, 3.8) is 0 Å². The van der Waals surface area contributed by atoms with Crippen LogP contribution in [0.25, 0.3) is 22.8 Å². The molecule has 1 amide bonds. The fourth-order valence-corrected chi connectivity index (χ4v) is 2.93. The zero-order valence-corrected chi connectivity index (χ0v) is 16.2. The van der Waals surface area contributed by atoms with Crippen LogP contribution in [0.3, 0.4) is 0 Å². The van der Waals surface area contributed by atoms with Gasteiger partial charge in [0.05, 0.1) is 27.9 Å². The molecule has 3 aromatic heterocycles. The SMILES string of the molecule is CN1CCC(O)C1=O.CS(=O)c1nccc(-c2cccc(-c3ccon3)n2)n1. The van der Waals surface area contributed by atoms with E-state index in [0.29, 0.717) is 35.7 Å². The number of hydrogen-bond acceptors (Lipinski definition) is 8. The number of nitrogens with zero attached hydrogens (tertiary/aromatic N) is 5.